The van der Waals surface area contributed by atoms with Crippen molar-refractivity contribution in [3.05, 3.63) is 42.6 Å². The van der Waals surface area contributed by atoms with Gasteiger partial charge in [-0.15, -0.1) is 0 Å². The van der Waals surface area contributed by atoms with E-state index in [0.717, 1.165) is 62.3 Å². The largest absolute Gasteiger partial charge is 0.370 e. The van der Waals surface area contributed by atoms with Crippen LogP contribution in [0.3, 0.4) is 0 Å². The van der Waals surface area contributed by atoms with Gasteiger partial charge < -0.3 is 10.2 Å². The summed E-state index contributed by atoms with van der Waals surface area (Å²) in [6, 6.07) is 10.8. The van der Waals surface area contributed by atoms with Crippen LogP contribution in [0.15, 0.2) is 47.5 Å². The normalized spacial score (nSPS) is 15.2. The lowest BCUT2D eigenvalue weighted by Gasteiger charge is -2.32. The molecule has 0 atom stereocenters. The number of hydrogen-bond acceptors (Lipinski definition) is 5. The summed E-state index contributed by atoms with van der Waals surface area (Å²) < 4.78 is 23.2. The van der Waals surface area contributed by atoms with E-state index in [2.05, 4.69) is 17.2 Å². The lowest BCUT2D eigenvalue weighted by atomic mass is 9.96. The number of carbonyl (C=O) groups excluding carboxylic acids is 1. The summed E-state index contributed by atoms with van der Waals surface area (Å²) in [5.74, 6) is 1.67. The van der Waals surface area contributed by atoms with Crippen LogP contribution in [-0.4, -0.2) is 50.1 Å². The molecule has 1 aromatic heterocycles. The van der Waals surface area contributed by atoms with E-state index in [4.69, 9.17) is 0 Å². The third-order valence-corrected chi connectivity index (χ3v) is 6.79. The number of unbranched alkanes of at least 4 members (excludes halogenated alkanes) is 1. The Balaban J connectivity index is 1.48. The highest BCUT2D eigenvalue weighted by atomic mass is 32.2. The summed E-state index contributed by atoms with van der Waals surface area (Å²) >= 11 is 0. The number of benzene rings is 1. The highest BCUT2D eigenvalue weighted by Gasteiger charge is 2.22. The minimum Gasteiger partial charge on any atom is -0.370 e. The molecule has 3 rings (SSSR count). The molecule has 1 amide bonds. The average Bonchev–Trinajstić information content (AvgIpc) is 2.76. The Hall–Kier alpha value is -2.41. The Morgan fingerprint density at radius 2 is 1.77 bits per heavy atom. The molecule has 6 nitrogen and oxygen atoms in total. The Bertz CT molecular complexity index is 933. The average molecular weight is 430 g/mol. The number of amides is 1. The minimum absolute atomic E-state index is 0.296. The SMILES string of the molecule is CCCCC(=O)N1CCC(CNc2ccc(-c3ccc(S(C)(=O)=O)cc3)cn2)CC1. The second-order valence-electron chi connectivity index (χ2n) is 8.04. The second kappa shape index (κ2) is 10.1. The van der Waals surface area contributed by atoms with E-state index in [-0.39, 0.29) is 0 Å². The van der Waals surface area contributed by atoms with E-state index in [1.165, 1.54) is 6.26 Å². The van der Waals surface area contributed by atoms with Gasteiger partial charge in [-0.1, -0.05) is 25.5 Å². The topological polar surface area (TPSA) is 79.4 Å². The third kappa shape index (κ3) is 6.05. The predicted octanol–water partition coefficient (Wildman–Crippen LogP) is 3.99. The fourth-order valence-corrected chi connectivity index (χ4v) is 4.32. The molecule has 0 unspecified atom stereocenters. The van der Waals surface area contributed by atoms with Gasteiger partial charge in [-0.2, -0.15) is 0 Å². The van der Waals surface area contributed by atoms with E-state index in [1.54, 1.807) is 30.5 Å². The summed E-state index contributed by atoms with van der Waals surface area (Å²) in [5, 5.41) is 3.41. The van der Waals surface area contributed by atoms with Crippen molar-refractivity contribution in [1.29, 1.82) is 0 Å². The second-order valence-corrected chi connectivity index (χ2v) is 10.1. The van der Waals surface area contributed by atoms with Gasteiger partial charge >= 0.3 is 0 Å². The summed E-state index contributed by atoms with van der Waals surface area (Å²) in [6.45, 7) is 4.67. The number of piperidine rings is 1. The fourth-order valence-electron chi connectivity index (χ4n) is 3.69. The molecule has 1 aliphatic rings. The third-order valence-electron chi connectivity index (χ3n) is 5.66. The first-order valence-electron chi connectivity index (χ1n) is 10.6. The van der Waals surface area contributed by atoms with Crippen LogP contribution in [-0.2, 0) is 14.6 Å². The van der Waals surface area contributed by atoms with Crippen molar-refractivity contribution in [2.24, 2.45) is 5.92 Å². The summed E-state index contributed by atoms with van der Waals surface area (Å²) in [5.41, 5.74) is 1.88. The van der Waals surface area contributed by atoms with Gasteiger partial charge in [-0.05, 0) is 55.0 Å². The summed E-state index contributed by atoms with van der Waals surface area (Å²) in [4.78, 5) is 18.9. The Morgan fingerprint density at radius 1 is 1.10 bits per heavy atom. The van der Waals surface area contributed by atoms with Gasteiger partial charge in [0, 0.05) is 44.1 Å². The van der Waals surface area contributed by atoms with Crippen molar-refractivity contribution < 1.29 is 13.2 Å². The molecule has 2 heterocycles. The summed E-state index contributed by atoms with van der Waals surface area (Å²) in [7, 11) is -3.19. The van der Waals surface area contributed by atoms with Crippen molar-refractivity contribution in [2.45, 2.75) is 43.9 Å². The van der Waals surface area contributed by atoms with E-state index in [9.17, 15) is 13.2 Å². The van der Waals surface area contributed by atoms with Crippen LogP contribution >= 0.6 is 0 Å². The molecule has 162 valence electrons. The molecule has 0 saturated carbocycles. The molecule has 1 aliphatic heterocycles. The molecule has 0 spiro atoms. The molecule has 1 N–H and O–H groups in total. The van der Waals surface area contributed by atoms with Gasteiger partial charge in [0.05, 0.1) is 4.90 Å². The summed E-state index contributed by atoms with van der Waals surface area (Å²) in [6.07, 6.45) is 7.76. The van der Waals surface area contributed by atoms with E-state index in [1.807, 2.05) is 17.0 Å². The quantitative estimate of drug-likeness (QED) is 0.686. The van der Waals surface area contributed by atoms with Crippen molar-refractivity contribution in [3.8, 4) is 11.1 Å². The van der Waals surface area contributed by atoms with Gasteiger partial charge in [-0.25, -0.2) is 13.4 Å². The Kier molecular flexibility index (Phi) is 7.48. The molecular weight excluding hydrogens is 398 g/mol. The van der Waals surface area contributed by atoms with Gasteiger partial charge in [0.25, 0.3) is 0 Å². The minimum atomic E-state index is -3.19. The number of sulfone groups is 1. The van der Waals surface area contributed by atoms with Crippen LogP contribution in [0.1, 0.15) is 39.0 Å². The zero-order valence-electron chi connectivity index (χ0n) is 17.8. The number of likely N-dealkylation sites (tertiary alicyclic amines) is 1. The van der Waals surface area contributed by atoms with Crippen LogP contribution in [0.2, 0.25) is 0 Å². The Morgan fingerprint density at radius 3 is 2.33 bits per heavy atom. The highest BCUT2D eigenvalue weighted by Crippen LogP contribution is 2.23. The zero-order valence-corrected chi connectivity index (χ0v) is 18.6. The molecule has 1 saturated heterocycles. The van der Waals surface area contributed by atoms with Crippen molar-refractivity contribution in [2.75, 3.05) is 31.2 Å². The lowest BCUT2D eigenvalue weighted by molar-refractivity contribution is -0.132. The van der Waals surface area contributed by atoms with Crippen molar-refractivity contribution >= 4 is 21.6 Å². The first kappa shape index (κ1) is 22.3. The number of aromatic nitrogens is 1. The molecular formula is C23H31N3O3S. The molecule has 2 aromatic rings. The molecule has 0 radical (unpaired) electrons. The van der Waals surface area contributed by atoms with Crippen LogP contribution in [0.25, 0.3) is 11.1 Å². The van der Waals surface area contributed by atoms with E-state index >= 15 is 0 Å². The van der Waals surface area contributed by atoms with Crippen LogP contribution in [0, 0.1) is 5.92 Å². The van der Waals surface area contributed by atoms with Crippen molar-refractivity contribution in [1.82, 2.24) is 9.88 Å². The monoisotopic (exact) mass is 429 g/mol. The lowest BCUT2D eigenvalue weighted by Crippen LogP contribution is -2.39. The van der Waals surface area contributed by atoms with E-state index in [0.29, 0.717) is 23.1 Å². The van der Waals surface area contributed by atoms with Gasteiger partial charge in [0.1, 0.15) is 5.82 Å². The number of anilines is 1. The van der Waals surface area contributed by atoms with E-state index < -0.39 is 9.84 Å². The molecule has 7 heteroatoms. The van der Waals surface area contributed by atoms with Gasteiger partial charge in [0.15, 0.2) is 9.84 Å². The number of hydrogen-bond donors (Lipinski definition) is 1. The fraction of sp³-hybridized carbons (Fsp3) is 0.478. The number of nitrogens with one attached hydrogen (secondary N) is 1. The number of carbonyl (C=O) groups is 1. The molecule has 0 bridgehead atoms. The number of rotatable bonds is 8. The molecule has 0 aliphatic carbocycles. The molecule has 30 heavy (non-hydrogen) atoms. The molecule has 1 fully saturated rings. The standard InChI is InChI=1S/C23H31N3O3S/c1-3-4-5-23(27)26-14-12-18(13-15-26)16-24-22-11-8-20(17-25-22)19-6-9-21(10-7-19)30(2,28)29/h6-11,17-18H,3-5,12-16H2,1-2H3,(H,24,25). The molecule has 1 aromatic carbocycles. The van der Waals surface area contributed by atoms with Gasteiger partial charge in [0.2, 0.25) is 5.91 Å². The van der Waals surface area contributed by atoms with Crippen LogP contribution < -0.4 is 5.32 Å². The maximum absolute atomic E-state index is 12.1. The maximum Gasteiger partial charge on any atom is 0.222 e. The smallest absolute Gasteiger partial charge is 0.222 e. The number of nitrogens with zero attached hydrogens (tertiary/aromatic N) is 2. The zero-order chi connectivity index (χ0) is 21.6. The van der Waals surface area contributed by atoms with Crippen LogP contribution in [0.5, 0.6) is 0 Å². The first-order valence-corrected chi connectivity index (χ1v) is 12.5. The van der Waals surface area contributed by atoms with Crippen LogP contribution in [0.4, 0.5) is 5.82 Å². The van der Waals surface area contributed by atoms with Crippen molar-refractivity contribution in [3.63, 3.8) is 0 Å². The highest BCUT2D eigenvalue weighted by molar-refractivity contribution is 7.90. The number of pyridine rings is 1. The maximum atomic E-state index is 12.1. The Labute approximate surface area is 179 Å². The predicted molar refractivity (Wildman–Crippen MR) is 120 cm³/mol. The van der Waals surface area contributed by atoms with Gasteiger partial charge in [-0.3, -0.25) is 4.79 Å². The first-order chi connectivity index (χ1) is 14.4.